The number of likely N-dealkylation sites (tertiary alicyclic amines) is 1. The second kappa shape index (κ2) is 7.85. The van der Waals surface area contributed by atoms with Gasteiger partial charge in [0.25, 0.3) is 0 Å². The van der Waals surface area contributed by atoms with E-state index < -0.39 is 0 Å². The van der Waals surface area contributed by atoms with Crippen LogP contribution in [0.15, 0.2) is 24.5 Å². The molecular formula is C17H24ClN5O. The highest BCUT2D eigenvalue weighted by Gasteiger charge is 2.17. The van der Waals surface area contributed by atoms with Crippen molar-refractivity contribution in [1.29, 1.82) is 0 Å². The van der Waals surface area contributed by atoms with Crippen molar-refractivity contribution < 1.29 is 4.79 Å². The number of carbonyl (C=O) groups is 1. The van der Waals surface area contributed by atoms with Gasteiger partial charge >= 0.3 is 6.03 Å². The molecule has 2 aromatic heterocycles. The van der Waals surface area contributed by atoms with Gasteiger partial charge in [0.05, 0.1) is 17.3 Å². The summed E-state index contributed by atoms with van der Waals surface area (Å²) in [7, 11) is 0. The minimum atomic E-state index is -0.158. The van der Waals surface area contributed by atoms with Gasteiger partial charge in [0.1, 0.15) is 5.65 Å². The van der Waals surface area contributed by atoms with E-state index in [1.807, 2.05) is 16.7 Å². The molecule has 2 aromatic rings. The first kappa shape index (κ1) is 17.0. The van der Waals surface area contributed by atoms with Crippen LogP contribution >= 0.6 is 11.6 Å². The minimum absolute atomic E-state index is 0.158. The van der Waals surface area contributed by atoms with Gasteiger partial charge in [-0.25, -0.2) is 9.78 Å². The van der Waals surface area contributed by atoms with Crippen molar-refractivity contribution in [3.8, 4) is 0 Å². The molecule has 24 heavy (non-hydrogen) atoms. The Labute approximate surface area is 147 Å². The predicted octanol–water partition coefficient (Wildman–Crippen LogP) is 2.66. The van der Waals surface area contributed by atoms with Gasteiger partial charge in [-0.05, 0) is 45.0 Å². The third-order valence-electron chi connectivity index (χ3n) is 4.47. The van der Waals surface area contributed by atoms with Crippen LogP contribution in [-0.2, 0) is 6.54 Å². The number of hydrogen-bond donors (Lipinski definition) is 2. The van der Waals surface area contributed by atoms with Gasteiger partial charge in [0.2, 0.25) is 0 Å². The van der Waals surface area contributed by atoms with Crippen LogP contribution in [0.4, 0.5) is 4.79 Å². The highest BCUT2D eigenvalue weighted by molar-refractivity contribution is 6.30. The summed E-state index contributed by atoms with van der Waals surface area (Å²) < 4.78 is 1.86. The van der Waals surface area contributed by atoms with Crippen molar-refractivity contribution in [2.24, 2.45) is 0 Å². The normalized spacial score (nSPS) is 16.9. The van der Waals surface area contributed by atoms with E-state index >= 15 is 0 Å². The van der Waals surface area contributed by atoms with Crippen molar-refractivity contribution in [1.82, 2.24) is 24.9 Å². The van der Waals surface area contributed by atoms with Crippen LogP contribution in [0, 0.1) is 0 Å². The summed E-state index contributed by atoms with van der Waals surface area (Å²) in [5.74, 6) is 0. The van der Waals surface area contributed by atoms with Gasteiger partial charge in [-0.2, -0.15) is 0 Å². The fourth-order valence-corrected chi connectivity index (χ4v) is 3.23. The third kappa shape index (κ3) is 4.39. The van der Waals surface area contributed by atoms with Crippen LogP contribution in [0.5, 0.6) is 0 Å². The molecule has 0 bridgehead atoms. The molecule has 1 aliphatic heterocycles. The molecule has 1 atom stereocenters. The quantitative estimate of drug-likeness (QED) is 0.872. The zero-order chi connectivity index (χ0) is 16.9. The van der Waals surface area contributed by atoms with E-state index in [0.29, 0.717) is 24.2 Å². The number of aromatic nitrogens is 2. The molecule has 0 radical (unpaired) electrons. The summed E-state index contributed by atoms with van der Waals surface area (Å²) in [6.45, 7) is 5.48. The number of urea groups is 1. The Hall–Kier alpha value is -1.79. The fraction of sp³-hybridized carbons (Fsp3) is 0.529. The first-order chi connectivity index (χ1) is 11.6. The summed E-state index contributed by atoms with van der Waals surface area (Å²) in [6, 6.07) is 3.87. The van der Waals surface area contributed by atoms with E-state index in [1.54, 1.807) is 12.3 Å². The van der Waals surface area contributed by atoms with Crippen LogP contribution in [0.1, 0.15) is 31.9 Å². The Kier molecular flexibility index (Phi) is 5.58. The number of halogens is 1. The number of piperidine rings is 1. The van der Waals surface area contributed by atoms with Crippen molar-refractivity contribution in [3.05, 3.63) is 35.2 Å². The SMILES string of the molecule is CC(CNC(=O)NCc1cn2cc(Cl)ccc2n1)N1CCCCC1. The Morgan fingerprint density at radius 1 is 1.25 bits per heavy atom. The summed E-state index contributed by atoms with van der Waals surface area (Å²) in [5.41, 5.74) is 1.62. The molecule has 130 valence electrons. The van der Waals surface area contributed by atoms with Crippen molar-refractivity contribution >= 4 is 23.3 Å². The third-order valence-corrected chi connectivity index (χ3v) is 4.69. The molecule has 3 heterocycles. The second-order valence-electron chi connectivity index (χ2n) is 6.35. The standard InChI is InChI=1S/C17H24ClN5O/c1-13(22-7-3-2-4-8-22)9-19-17(24)20-10-15-12-23-11-14(18)5-6-16(23)21-15/h5-6,11-13H,2-4,7-10H2,1H3,(H2,19,20,24). The van der Waals surface area contributed by atoms with Gasteiger partial charge in [-0.15, -0.1) is 0 Å². The first-order valence-electron chi connectivity index (χ1n) is 8.51. The molecule has 6 nitrogen and oxygen atoms in total. The lowest BCUT2D eigenvalue weighted by Gasteiger charge is -2.32. The van der Waals surface area contributed by atoms with Gasteiger partial charge < -0.3 is 15.0 Å². The average molecular weight is 350 g/mol. The molecule has 3 rings (SSSR count). The van der Waals surface area contributed by atoms with Gasteiger partial charge in [-0.3, -0.25) is 4.90 Å². The summed E-state index contributed by atoms with van der Waals surface area (Å²) in [6.07, 6.45) is 7.51. The number of pyridine rings is 1. The van der Waals surface area contributed by atoms with Crippen molar-refractivity contribution in [2.75, 3.05) is 19.6 Å². The van der Waals surface area contributed by atoms with Gasteiger partial charge in [0.15, 0.2) is 0 Å². The molecule has 1 saturated heterocycles. The topological polar surface area (TPSA) is 61.7 Å². The van der Waals surface area contributed by atoms with Crippen LogP contribution in [0.2, 0.25) is 5.02 Å². The zero-order valence-electron chi connectivity index (χ0n) is 14.0. The number of fused-ring (bicyclic) bond motifs is 1. The first-order valence-corrected chi connectivity index (χ1v) is 8.88. The summed E-state index contributed by atoms with van der Waals surface area (Å²) >= 11 is 5.96. The summed E-state index contributed by atoms with van der Waals surface area (Å²) in [4.78, 5) is 18.9. The Bertz CT molecular complexity index is 695. The number of amides is 2. The van der Waals surface area contributed by atoms with E-state index in [-0.39, 0.29) is 6.03 Å². The molecule has 7 heteroatoms. The molecule has 0 aliphatic carbocycles. The lowest BCUT2D eigenvalue weighted by atomic mass is 10.1. The largest absolute Gasteiger partial charge is 0.337 e. The molecule has 0 spiro atoms. The average Bonchev–Trinajstić information content (AvgIpc) is 3.00. The maximum atomic E-state index is 12.0. The summed E-state index contributed by atoms with van der Waals surface area (Å²) in [5, 5.41) is 6.46. The highest BCUT2D eigenvalue weighted by Crippen LogP contribution is 2.12. The molecule has 0 aromatic carbocycles. The number of nitrogens with one attached hydrogen (secondary N) is 2. The zero-order valence-corrected chi connectivity index (χ0v) is 14.7. The van der Waals surface area contributed by atoms with Crippen LogP contribution in [0.25, 0.3) is 5.65 Å². The highest BCUT2D eigenvalue weighted by atomic mass is 35.5. The van der Waals surface area contributed by atoms with E-state index in [0.717, 1.165) is 24.4 Å². The monoisotopic (exact) mass is 349 g/mol. The molecule has 1 aliphatic rings. The number of rotatable bonds is 5. The van der Waals surface area contributed by atoms with Crippen LogP contribution in [-0.4, -0.2) is 46.0 Å². The molecule has 2 N–H and O–H groups in total. The number of nitrogens with zero attached hydrogens (tertiary/aromatic N) is 3. The van der Waals surface area contributed by atoms with Crippen molar-refractivity contribution in [3.63, 3.8) is 0 Å². The van der Waals surface area contributed by atoms with Crippen molar-refractivity contribution in [2.45, 2.75) is 38.8 Å². The van der Waals surface area contributed by atoms with Gasteiger partial charge in [0, 0.05) is 25.0 Å². The lowest BCUT2D eigenvalue weighted by Crippen LogP contribution is -2.46. The molecule has 0 saturated carbocycles. The predicted molar refractivity (Wildman–Crippen MR) is 95.3 cm³/mol. The number of carbonyl (C=O) groups excluding carboxylic acids is 1. The minimum Gasteiger partial charge on any atom is -0.337 e. The van der Waals surface area contributed by atoms with E-state index in [9.17, 15) is 4.79 Å². The second-order valence-corrected chi connectivity index (χ2v) is 6.79. The number of hydrogen-bond acceptors (Lipinski definition) is 3. The molecule has 1 unspecified atom stereocenters. The smallest absolute Gasteiger partial charge is 0.315 e. The molecular weight excluding hydrogens is 326 g/mol. The Morgan fingerprint density at radius 2 is 2.04 bits per heavy atom. The molecule has 2 amide bonds. The maximum Gasteiger partial charge on any atom is 0.315 e. The van der Waals surface area contributed by atoms with Crippen LogP contribution in [0.3, 0.4) is 0 Å². The van der Waals surface area contributed by atoms with E-state index in [4.69, 9.17) is 11.6 Å². The fourth-order valence-electron chi connectivity index (χ4n) is 3.06. The Morgan fingerprint density at radius 3 is 2.83 bits per heavy atom. The maximum absolute atomic E-state index is 12.0. The van der Waals surface area contributed by atoms with E-state index in [2.05, 4.69) is 27.4 Å². The molecule has 1 fully saturated rings. The van der Waals surface area contributed by atoms with Gasteiger partial charge in [-0.1, -0.05) is 18.0 Å². The number of imidazole rings is 1. The van der Waals surface area contributed by atoms with Crippen LogP contribution < -0.4 is 10.6 Å². The van der Waals surface area contributed by atoms with E-state index in [1.165, 1.54) is 19.3 Å². The Balaban J connectivity index is 1.44. The lowest BCUT2D eigenvalue weighted by molar-refractivity contribution is 0.170.